The number of benzene rings is 2. The molecule has 5 nitrogen and oxygen atoms in total. The summed E-state index contributed by atoms with van der Waals surface area (Å²) < 4.78 is 19.4. The molecule has 0 saturated heterocycles. The maximum absolute atomic E-state index is 13.7. The number of carbonyl (C=O) groups excluding carboxylic acids is 1. The molecule has 2 aromatic rings. The summed E-state index contributed by atoms with van der Waals surface area (Å²) in [7, 11) is 0. The van der Waals surface area contributed by atoms with Gasteiger partial charge in [0.25, 0.3) is 0 Å². The molecule has 0 aliphatic carbocycles. The number of aryl methyl sites for hydroxylation is 1. The Morgan fingerprint density at radius 3 is 2.84 bits per heavy atom. The molecule has 0 fully saturated rings. The van der Waals surface area contributed by atoms with Crippen molar-refractivity contribution >= 4 is 11.7 Å². The Hall–Kier alpha value is -1.08. The number of hydrazone groups is 1. The van der Waals surface area contributed by atoms with E-state index in [1.54, 1.807) is 6.07 Å². The molecule has 2 unspecified atom stereocenters. The third kappa shape index (κ3) is 3.32. The summed E-state index contributed by atoms with van der Waals surface area (Å²) in [5.41, 5.74) is 10.6. The van der Waals surface area contributed by atoms with Crippen molar-refractivity contribution < 1.29 is 72.1 Å². The van der Waals surface area contributed by atoms with Gasteiger partial charge in [-0.3, -0.25) is 9.90 Å². The first-order chi connectivity index (χ1) is 11.5. The Bertz CT molecular complexity index is 871. The standard InChI is InChI=1S/C18H16FN3O2.Rb/c1-10-3-2-4-11(7-10)17-14-9-24-15-6-5-12(19)8-13(15)16(14)21-22(17)18(20)23;/h2-8,14,17H,9H2,1H3,(H2,20,23);/q;+1/p-1. The quantitative estimate of drug-likeness (QED) is 0.707. The van der Waals surface area contributed by atoms with Crippen LogP contribution in [-0.4, -0.2) is 23.4 Å². The van der Waals surface area contributed by atoms with Crippen LogP contribution in [0.4, 0.5) is 9.18 Å². The molecule has 4 rings (SSSR count). The number of nitrogens with zero attached hydrogens (tertiary/aromatic N) is 2. The van der Waals surface area contributed by atoms with E-state index in [-0.39, 0.29) is 69.9 Å². The molecule has 0 aromatic heterocycles. The molecule has 2 aliphatic heterocycles. The SMILES string of the molecule is Cc1cccc(C2C3COc4ccc(F)cc4C3=NN2C([NH-])=O)c1.[Rb+]. The minimum Gasteiger partial charge on any atom is -0.492 e. The number of fused-ring (bicyclic) bond motifs is 3. The number of carbonyl (C=O) groups is 1. The summed E-state index contributed by atoms with van der Waals surface area (Å²) in [6, 6.07) is 10.7. The maximum Gasteiger partial charge on any atom is 1.00 e. The molecule has 2 atom stereocenters. The van der Waals surface area contributed by atoms with Crippen LogP contribution in [0.5, 0.6) is 5.75 Å². The van der Waals surface area contributed by atoms with E-state index in [2.05, 4.69) is 5.10 Å². The van der Waals surface area contributed by atoms with E-state index in [0.717, 1.165) is 16.1 Å². The van der Waals surface area contributed by atoms with Crippen LogP contribution in [0.25, 0.3) is 5.73 Å². The van der Waals surface area contributed by atoms with Crippen molar-refractivity contribution in [3.8, 4) is 5.75 Å². The van der Waals surface area contributed by atoms with Gasteiger partial charge in [-0.15, -0.1) is 0 Å². The van der Waals surface area contributed by atoms with E-state index < -0.39 is 12.1 Å². The van der Waals surface area contributed by atoms with E-state index in [1.807, 2.05) is 31.2 Å². The third-order valence-electron chi connectivity index (χ3n) is 4.44. The summed E-state index contributed by atoms with van der Waals surface area (Å²) in [6.07, 6.45) is 0. The molecule has 122 valence electrons. The summed E-state index contributed by atoms with van der Waals surface area (Å²) >= 11 is 0. The predicted molar refractivity (Wildman–Crippen MR) is 87.4 cm³/mol. The van der Waals surface area contributed by atoms with E-state index in [1.165, 1.54) is 12.1 Å². The second-order valence-electron chi connectivity index (χ2n) is 6.05. The fourth-order valence-electron chi connectivity index (χ4n) is 3.40. The average Bonchev–Trinajstić information content (AvgIpc) is 2.95. The van der Waals surface area contributed by atoms with Gasteiger partial charge >= 0.3 is 58.2 Å². The minimum atomic E-state index is -0.888. The smallest absolute Gasteiger partial charge is 0.492 e. The van der Waals surface area contributed by atoms with E-state index in [4.69, 9.17) is 10.5 Å². The number of hydrogen-bond acceptors (Lipinski definition) is 3. The summed E-state index contributed by atoms with van der Waals surface area (Å²) in [5, 5.41) is 5.51. The maximum atomic E-state index is 13.7. The first kappa shape index (κ1) is 18.7. The van der Waals surface area contributed by atoms with Crippen molar-refractivity contribution in [3.63, 3.8) is 0 Å². The molecule has 1 N–H and O–H groups in total. The zero-order chi connectivity index (χ0) is 16.8. The largest absolute Gasteiger partial charge is 1.00 e. The summed E-state index contributed by atoms with van der Waals surface area (Å²) in [5.74, 6) is -0.0625. The van der Waals surface area contributed by atoms with Crippen LogP contribution in [0.1, 0.15) is 22.7 Å². The Labute approximate surface area is 193 Å². The van der Waals surface area contributed by atoms with E-state index in [0.29, 0.717) is 23.6 Å². The van der Waals surface area contributed by atoms with Gasteiger partial charge in [-0.05, 0) is 30.7 Å². The van der Waals surface area contributed by atoms with Crippen LogP contribution in [-0.2, 0) is 0 Å². The zero-order valence-electron chi connectivity index (χ0n) is 14.0. The van der Waals surface area contributed by atoms with Crippen LogP contribution in [0.15, 0.2) is 47.6 Å². The van der Waals surface area contributed by atoms with Crippen molar-refractivity contribution in [2.45, 2.75) is 13.0 Å². The molecule has 2 aromatic carbocycles. The molecule has 2 aliphatic rings. The first-order valence-electron chi connectivity index (χ1n) is 7.67. The predicted octanol–water partition coefficient (Wildman–Crippen LogP) is 1.08. The Morgan fingerprint density at radius 1 is 1.32 bits per heavy atom. The van der Waals surface area contributed by atoms with E-state index in [9.17, 15) is 9.18 Å². The van der Waals surface area contributed by atoms with Gasteiger partial charge in [-0.1, -0.05) is 29.8 Å². The third-order valence-corrected chi connectivity index (χ3v) is 4.44. The fourth-order valence-corrected chi connectivity index (χ4v) is 3.40. The number of hydrogen-bond donors (Lipinski definition) is 0. The molecule has 7 heteroatoms. The monoisotopic (exact) mass is 409 g/mol. The van der Waals surface area contributed by atoms with Crippen LogP contribution < -0.4 is 62.9 Å². The zero-order valence-corrected chi connectivity index (χ0v) is 18.9. The summed E-state index contributed by atoms with van der Waals surface area (Å²) in [4.78, 5) is 11.8. The van der Waals surface area contributed by atoms with Crippen molar-refractivity contribution in [2.24, 2.45) is 11.0 Å². The van der Waals surface area contributed by atoms with Gasteiger partial charge in [0.05, 0.1) is 12.3 Å². The van der Waals surface area contributed by atoms with Gasteiger partial charge in [-0.2, -0.15) is 0 Å². The molecule has 0 bridgehead atoms. The topological polar surface area (TPSA) is 65.7 Å². The second kappa shape index (κ2) is 7.27. The number of urea groups is 1. The van der Waals surface area contributed by atoms with Crippen molar-refractivity contribution in [2.75, 3.05) is 6.61 Å². The van der Waals surface area contributed by atoms with Crippen molar-refractivity contribution in [3.05, 3.63) is 70.7 Å². The fraction of sp³-hybridized carbons (Fsp3) is 0.222. The number of amides is 2. The van der Waals surface area contributed by atoms with Gasteiger partial charge in [0, 0.05) is 17.5 Å². The van der Waals surface area contributed by atoms with Crippen LogP contribution >= 0.6 is 0 Å². The number of nitrogens with one attached hydrogen (secondary N) is 1. The molecule has 0 spiro atoms. The number of rotatable bonds is 1. The molecule has 0 radical (unpaired) electrons. The van der Waals surface area contributed by atoms with Gasteiger partial charge in [0.15, 0.2) is 6.03 Å². The van der Waals surface area contributed by atoms with Crippen LogP contribution in [0, 0.1) is 18.7 Å². The van der Waals surface area contributed by atoms with Gasteiger partial charge < -0.3 is 15.5 Å². The Morgan fingerprint density at radius 2 is 2.12 bits per heavy atom. The second-order valence-corrected chi connectivity index (χ2v) is 6.05. The molecule has 2 heterocycles. The molecule has 25 heavy (non-hydrogen) atoms. The van der Waals surface area contributed by atoms with Crippen LogP contribution in [0.3, 0.4) is 0 Å². The minimum absolute atomic E-state index is 0. The first-order valence-corrected chi connectivity index (χ1v) is 7.67. The van der Waals surface area contributed by atoms with Crippen molar-refractivity contribution in [1.29, 1.82) is 0 Å². The Balaban J connectivity index is 0.00000182. The molecule has 0 saturated carbocycles. The van der Waals surface area contributed by atoms with Crippen LogP contribution in [0.2, 0.25) is 0 Å². The molecular weight excluding hydrogens is 395 g/mol. The van der Waals surface area contributed by atoms with E-state index >= 15 is 0 Å². The van der Waals surface area contributed by atoms with Gasteiger partial charge in [0.1, 0.15) is 11.6 Å². The molecule has 2 amide bonds. The van der Waals surface area contributed by atoms with Gasteiger partial charge in [0.2, 0.25) is 0 Å². The Kier molecular flexibility index (Phi) is 5.44. The average molecular weight is 410 g/mol. The number of ether oxygens (including phenoxy) is 1. The number of halogens is 1. The normalized spacial score (nSPS) is 20.7. The van der Waals surface area contributed by atoms with Gasteiger partial charge in [-0.25, -0.2) is 4.39 Å². The summed E-state index contributed by atoms with van der Waals surface area (Å²) in [6.45, 7) is 2.30. The van der Waals surface area contributed by atoms with Crippen molar-refractivity contribution in [1.82, 2.24) is 5.01 Å². The molecular formula is C18H15FN3O2Rb.